The Labute approximate surface area is 158 Å². The molecule has 1 aliphatic heterocycles. The van der Waals surface area contributed by atoms with Crippen molar-refractivity contribution in [2.75, 3.05) is 5.75 Å². The molecular formula is C21H24O4S. The summed E-state index contributed by atoms with van der Waals surface area (Å²) >= 11 is 1.61. The Bertz CT molecular complexity index is 731. The highest BCUT2D eigenvalue weighted by atomic mass is 32.2. The van der Waals surface area contributed by atoms with E-state index >= 15 is 0 Å². The molecule has 0 aromatic heterocycles. The molecule has 0 unspecified atom stereocenters. The van der Waals surface area contributed by atoms with Crippen molar-refractivity contribution < 1.29 is 19.4 Å². The molecule has 4 nitrogen and oxygen atoms in total. The van der Waals surface area contributed by atoms with Gasteiger partial charge in [-0.1, -0.05) is 37.3 Å². The van der Waals surface area contributed by atoms with Gasteiger partial charge in [-0.3, -0.25) is 9.59 Å². The summed E-state index contributed by atoms with van der Waals surface area (Å²) < 4.78 is 5.79. The van der Waals surface area contributed by atoms with Gasteiger partial charge in [-0.15, -0.1) is 11.8 Å². The van der Waals surface area contributed by atoms with Crippen LogP contribution < -0.4 is 0 Å². The highest BCUT2D eigenvalue weighted by Gasteiger charge is 2.58. The molecule has 0 radical (unpaired) electrons. The van der Waals surface area contributed by atoms with E-state index in [-0.39, 0.29) is 47.4 Å². The molecule has 3 aliphatic rings. The van der Waals surface area contributed by atoms with Crippen molar-refractivity contribution in [3.63, 3.8) is 0 Å². The summed E-state index contributed by atoms with van der Waals surface area (Å²) in [5.41, 5.74) is 0.931. The fourth-order valence-corrected chi connectivity index (χ4v) is 6.06. The maximum Gasteiger partial charge on any atom is 0.310 e. The third kappa shape index (κ3) is 2.91. The summed E-state index contributed by atoms with van der Waals surface area (Å²) in [4.78, 5) is 26.0. The van der Waals surface area contributed by atoms with Crippen LogP contribution in [0.25, 0.3) is 0 Å². The normalized spacial score (nSPS) is 39.3. The first-order chi connectivity index (χ1) is 12.5. The smallest absolute Gasteiger partial charge is 0.310 e. The molecule has 138 valence electrons. The van der Waals surface area contributed by atoms with Gasteiger partial charge in [0, 0.05) is 34.8 Å². The molecule has 0 amide bonds. The Kier molecular flexibility index (Phi) is 4.70. The van der Waals surface area contributed by atoms with Gasteiger partial charge in [-0.25, -0.2) is 0 Å². The van der Waals surface area contributed by atoms with Crippen LogP contribution in [-0.2, 0) is 14.3 Å². The summed E-state index contributed by atoms with van der Waals surface area (Å²) in [6, 6.07) is 9.93. The number of hydrogen-bond acceptors (Lipinski definition) is 5. The van der Waals surface area contributed by atoms with Crippen molar-refractivity contribution in [1.29, 1.82) is 0 Å². The number of fused-ring (bicyclic) bond motifs is 3. The minimum Gasteiger partial charge on any atom is -0.461 e. The third-order valence-electron chi connectivity index (χ3n) is 6.36. The molecule has 1 N–H and O–H groups in total. The SMILES string of the molecule is C=C1C[C@H](O)[C@@H]2[C@H](OC(=O)[C@H]2CSc2ccccc2)[C@H]2[C@H](C)C(=O)C[C@@H]12. The third-order valence-corrected chi connectivity index (χ3v) is 7.49. The second-order valence-electron chi connectivity index (χ2n) is 7.78. The van der Waals surface area contributed by atoms with E-state index in [1.165, 1.54) is 0 Å². The maximum absolute atomic E-state index is 12.6. The van der Waals surface area contributed by atoms with E-state index in [1.54, 1.807) is 11.8 Å². The van der Waals surface area contributed by atoms with Crippen LogP contribution in [0.4, 0.5) is 0 Å². The van der Waals surface area contributed by atoms with Crippen LogP contribution >= 0.6 is 11.8 Å². The zero-order chi connectivity index (χ0) is 18.4. The van der Waals surface area contributed by atoms with Gasteiger partial charge < -0.3 is 9.84 Å². The van der Waals surface area contributed by atoms with E-state index in [4.69, 9.17) is 4.74 Å². The monoisotopic (exact) mass is 372 g/mol. The van der Waals surface area contributed by atoms with E-state index in [0.29, 0.717) is 18.6 Å². The molecule has 3 fully saturated rings. The summed E-state index contributed by atoms with van der Waals surface area (Å²) in [7, 11) is 0. The lowest BCUT2D eigenvalue weighted by atomic mass is 9.77. The standard InChI is InChI=1S/C21H24O4S/c1-11-8-17(23)19-15(10-26-13-6-4-3-5-7-13)21(24)25-20(19)18-12(2)16(22)9-14(11)18/h3-7,12,14-15,17-20,23H,1,8-10H2,2H3/t12-,14+,15+,17+,18+,19-,20-/m1/s1. The van der Waals surface area contributed by atoms with E-state index < -0.39 is 6.10 Å². The molecule has 0 bridgehead atoms. The van der Waals surface area contributed by atoms with Crippen LogP contribution in [0.3, 0.4) is 0 Å². The summed E-state index contributed by atoms with van der Waals surface area (Å²) in [5, 5.41) is 10.8. The Morgan fingerprint density at radius 1 is 1.19 bits per heavy atom. The van der Waals surface area contributed by atoms with Gasteiger partial charge in [0.15, 0.2) is 0 Å². The maximum atomic E-state index is 12.6. The van der Waals surface area contributed by atoms with E-state index in [2.05, 4.69) is 6.58 Å². The van der Waals surface area contributed by atoms with Crippen LogP contribution in [0.15, 0.2) is 47.4 Å². The number of ether oxygens (including phenoxy) is 1. The van der Waals surface area contributed by atoms with Gasteiger partial charge in [0.25, 0.3) is 0 Å². The number of thioether (sulfide) groups is 1. The van der Waals surface area contributed by atoms with Crippen LogP contribution in [0.1, 0.15) is 19.8 Å². The van der Waals surface area contributed by atoms with Gasteiger partial charge in [0.2, 0.25) is 0 Å². The molecule has 2 saturated carbocycles. The Balaban J connectivity index is 1.60. The van der Waals surface area contributed by atoms with E-state index in [9.17, 15) is 14.7 Å². The minimum absolute atomic E-state index is 0.0236. The Morgan fingerprint density at radius 2 is 1.92 bits per heavy atom. The zero-order valence-electron chi connectivity index (χ0n) is 14.8. The van der Waals surface area contributed by atoms with Crippen molar-refractivity contribution in [2.24, 2.45) is 29.6 Å². The Morgan fingerprint density at radius 3 is 2.65 bits per heavy atom. The number of ketones is 1. The molecule has 1 saturated heterocycles. The van der Waals surface area contributed by atoms with Gasteiger partial charge in [-0.05, 0) is 24.5 Å². The van der Waals surface area contributed by atoms with Crippen LogP contribution in [0.5, 0.6) is 0 Å². The molecule has 1 aromatic rings. The zero-order valence-corrected chi connectivity index (χ0v) is 15.7. The minimum atomic E-state index is -0.645. The van der Waals surface area contributed by atoms with Gasteiger partial charge in [0.1, 0.15) is 11.9 Å². The second kappa shape index (κ2) is 6.86. The number of carbonyl (C=O) groups excluding carboxylic acids is 2. The lowest BCUT2D eigenvalue weighted by Gasteiger charge is -2.29. The summed E-state index contributed by atoms with van der Waals surface area (Å²) in [5.74, 6) is -0.234. The topological polar surface area (TPSA) is 63.6 Å². The predicted molar refractivity (Wildman–Crippen MR) is 99.6 cm³/mol. The average molecular weight is 372 g/mol. The first-order valence-electron chi connectivity index (χ1n) is 9.24. The number of aliphatic hydroxyl groups excluding tert-OH is 1. The number of esters is 1. The number of rotatable bonds is 3. The van der Waals surface area contributed by atoms with Crippen molar-refractivity contribution >= 4 is 23.5 Å². The number of carbonyl (C=O) groups is 2. The first kappa shape index (κ1) is 17.8. The summed E-state index contributed by atoms with van der Waals surface area (Å²) in [6.07, 6.45) is -0.120. The van der Waals surface area contributed by atoms with Crippen molar-refractivity contribution in [1.82, 2.24) is 0 Å². The predicted octanol–water partition coefficient (Wildman–Crippen LogP) is 3.10. The summed E-state index contributed by atoms with van der Waals surface area (Å²) in [6.45, 7) is 6.07. The van der Waals surface area contributed by atoms with Gasteiger partial charge in [0.05, 0.1) is 12.0 Å². The molecule has 1 aromatic carbocycles. The highest BCUT2D eigenvalue weighted by molar-refractivity contribution is 7.99. The largest absolute Gasteiger partial charge is 0.461 e. The fraction of sp³-hybridized carbons (Fsp3) is 0.524. The molecule has 4 rings (SSSR count). The quantitative estimate of drug-likeness (QED) is 0.502. The second-order valence-corrected chi connectivity index (χ2v) is 8.88. The average Bonchev–Trinajstić information content (AvgIpc) is 3.07. The fourth-order valence-electron chi connectivity index (χ4n) is 4.98. The number of benzene rings is 1. The molecule has 7 atom stereocenters. The van der Waals surface area contributed by atoms with Crippen molar-refractivity contribution in [3.8, 4) is 0 Å². The van der Waals surface area contributed by atoms with E-state index in [1.807, 2.05) is 37.3 Å². The number of hydrogen-bond donors (Lipinski definition) is 1. The van der Waals surface area contributed by atoms with Crippen molar-refractivity contribution in [2.45, 2.75) is 36.9 Å². The van der Waals surface area contributed by atoms with Crippen LogP contribution in [0.2, 0.25) is 0 Å². The number of aliphatic hydroxyl groups is 1. The molecule has 26 heavy (non-hydrogen) atoms. The molecule has 0 spiro atoms. The molecule has 5 heteroatoms. The van der Waals surface area contributed by atoms with Gasteiger partial charge in [-0.2, -0.15) is 0 Å². The molecule has 2 aliphatic carbocycles. The highest BCUT2D eigenvalue weighted by Crippen LogP contribution is 2.52. The van der Waals surface area contributed by atoms with Gasteiger partial charge >= 0.3 is 5.97 Å². The Hall–Kier alpha value is -1.59. The van der Waals surface area contributed by atoms with E-state index in [0.717, 1.165) is 10.5 Å². The molecular weight excluding hydrogens is 348 g/mol. The lowest BCUT2D eigenvalue weighted by Crippen LogP contribution is -2.38. The lowest BCUT2D eigenvalue weighted by molar-refractivity contribution is -0.146. The van der Waals surface area contributed by atoms with Crippen LogP contribution in [0, 0.1) is 29.6 Å². The van der Waals surface area contributed by atoms with Crippen LogP contribution in [-0.4, -0.2) is 34.8 Å². The molecule has 1 heterocycles. The van der Waals surface area contributed by atoms with Crippen molar-refractivity contribution in [3.05, 3.63) is 42.5 Å². The number of Topliss-reactive ketones (excluding diaryl/α,β-unsaturated/α-hetero) is 1. The first-order valence-corrected chi connectivity index (χ1v) is 10.2.